The normalized spacial score (nSPS) is 22.3. The summed E-state index contributed by atoms with van der Waals surface area (Å²) in [5.74, 6) is 0.00909. The van der Waals surface area contributed by atoms with Crippen molar-refractivity contribution >= 4 is 29.9 Å². The lowest BCUT2D eigenvalue weighted by molar-refractivity contribution is -0.111. The maximum absolute atomic E-state index is 13.4. The van der Waals surface area contributed by atoms with Crippen molar-refractivity contribution in [2.75, 3.05) is 31.2 Å². The van der Waals surface area contributed by atoms with Crippen molar-refractivity contribution in [3.63, 3.8) is 0 Å². The molecule has 2 fully saturated rings. The lowest BCUT2D eigenvalue weighted by atomic mass is 9.87. The molecule has 4 rings (SSSR count). The molecule has 0 bridgehead atoms. The number of anilines is 1. The number of hydrogen-bond acceptors (Lipinski definition) is 8. The van der Waals surface area contributed by atoms with Gasteiger partial charge in [-0.05, 0) is 31.7 Å². The van der Waals surface area contributed by atoms with Crippen LogP contribution in [0.1, 0.15) is 36.0 Å². The number of fused-ring (bicyclic) bond motifs is 1. The molecule has 34 heavy (non-hydrogen) atoms. The molecule has 1 saturated carbocycles. The molecule has 0 aromatic carbocycles. The second-order valence-corrected chi connectivity index (χ2v) is 8.32. The highest BCUT2D eigenvalue weighted by Crippen LogP contribution is 2.25. The van der Waals surface area contributed by atoms with Gasteiger partial charge in [-0.3, -0.25) is 9.79 Å². The quantitative estimate of drug-likeness (QED) is 0.460. The summed E-state index contributed by atoms with van der Waals surface area (Å²) in [5, 5.41) is 6.59. The molecule has 10 nitrogen and oxygen atoms in total. The second-order valence-electron chi connectivity index (χ2n) is 8.32. The molecule has 3 heterocycles. The van der Waals surface area contributed by atoms with Crippen LogP contribution < -0.4 is 16.0 Å². The van der Waals surface area contributed by atoms with Crippen molar-refractivity contribution in [2.24, 2.45) is 16.6 Å². The average molecular weight is 476 g/mol. The van der Waals surface area contributed by atoms with Gasteiger partial charge in [0, 0.05) is 31.4 Å². The van der Waals surface area contributed by atoms with E-state index in [1.807, 2.05) is 4.90 Å². The fraction of sp³-hybridized carbons (Fsp3) is 0.500. The van der Waals surface area contributed by atoms with E-state index in [1.165, 1.54) is 16.9 Å². The molecule has 0 unspecified atom stereocenters. The summed E-state index contributed by atoms with van der Waals surface area (Å²) in [6, 6.07) is 1.67. The number of rotatable bonds is 7. The standard InChI is InChI=1S/C22H27F2N7O3/c23-20(24)19(25)17(12-26-15-3-1-14(13-32)2-4-15)28-22(33)16-11-27-31-6-5-18(29-21(16)31)30-7-9-34-10-8-30/h5-6,11-15,20H,1-4,7-10,25H2,(H,28,33). The predicted molar refractivity (Wildman–Crippen MR) is 121 cm³/mol. The van der Waals surface area contributed by atoms with Gasteiger partial charge in [0.15, 0.2) is 5.65 Å². The molecule has 2 aromatic rings. The zero-order valence-electron chi connectivity index (χ0n) is 18.6. The molecule has 3 N–H and O–H groups in total. The molecule has 2 aliphatic rings. The number of alkyl halides is 2. The number of ether oxygens (including phenoxy) is 1. The average Bonchev–Trinajstić information content (AvgIpc) is 3.30. The highest BCUT2D eigenvalue weighted by molar-refractivity contribution is 6.03. The van der Waals surface area contributed by atoms with Crippen LogP contribution in [0.15, 0.2) is 34.8 Å². The van der Waals surface area contributed by atoms with Crippen LogP contribution >= 0.6 is 0 Å². The number of morpholine rings is 1. The third-order valence-corrected chi connectivity index (χ3v) is 6.08. The number of carbonyl (C=O) groups is 2. The van der Waals surface area contributed by atoms with Crippen molar-refractivity contribution in [3.8, 4) is 0 Å². The van der Waals surface area contributed by atoms with Crippen LogP contribution in [-0.4, -0.2) is 71.8 Å². The monoisotopic (exact) mass is 475 g/mol. The van der Waals surface area contributed by atoms with Crippen molar-refractivity contribution in [1.82, 2.24) is 19.9 Å². The van der Waals surface area contributed by atoms with Crippen molar-refractivity contribution in [2.45, 2.75) is 38.2 Å². The van der Waals surface area contributed by atoms with E-state index in [-0.39, 0.29) is 23.2 Å². The first-order valence-electron chi connectivity index (χ1n) is 11.2. The molecule has 1 aliphatic heterocycles. The Morgan fingerprint density at radius 1 is 1.26 bits per heavy atom. The van der Waals surface area contributed by atoms with E-state index >= 15 is 0 Å². The number of hydrogen-bond donors (Lipinski definition) is 2. The van der Waals surface area contributed by atoms with Gasteiger partial charge in [-0.15, -0.1) is 0 Å². The third kappa shape index (κ3) is 5.38. The Balaban J connectivity index is 1.53. The second kappa shape index (κ2) is 10.7. The molecule has 0 spiro atoms. The maximum Gasteiger partial charge on any atom is 0.279 e. The summed E-state index contributed by atoms with van der Waals surface area (Å²) in [4.78, 5) is 34.9. The fourth-order valence-electron chi connectivity index (χ4n) is 4.04. The van der Waals surface area contributed by atoms with Crippen LogP contribution in [0.25, 0.3) is 5.65 Å². The fourth-order valence-corrected chi connectivity index (χ4v) is 4.04. The van der Waals surface area contributed by atoms with Gasteiger partial charge in [-0.2, -0.15) is 5.10 Å². The molecule has 1 saturated heterocycles. The van der Waals surface area contributed by atoms with Gasteiger partial charge in [0.1, 0.15) is 23.4 Å². The van der Waals surface area contributed by atoms with E-state index < -0.39 is 18.0 Å². The van der Waals surface area contributed by atoms with E-state index in [2.05, 4.69) is 20.4 Å². The third-order valence-electron chi connectivity index (χ3n) is 6.08. The van der Waals surface area contributed by atoms with E-state index in [9.17, 15) is 18.4 Å². The lowest BCUT2D eigenvalue weighted by Gasteiger charge is -2.27. The highest BCUT2D eigenvalue weighted by atomic mass is 19.3. The number of allylic oxidation sites excluding steroid dienone is 2. The van der Waals surface area contributed by atoms with Gasteiger partial charge in [0.2, 0.25) is 0 Å². The molecular weight excluding hydrogens is 448 g/mol. The number of carbonyl (C=O) groups excluding carboxylic acids is 2. The van der Waals surface area contributed by atoms with Gasteiger partial charge in [-0.1, -0.05) is 0 Å². The molecule has 0 atom stereocenters. The zero-order chi connectivity index (χ0) is 24.1. The van der Waals surface area contributed by atoms with Crippen LogP contribution in [0.4, 0.5) is 14.6 Å². The van der Waals surface area contributed by atoms with Gasteiger partial charge in [-0.25, -0.2) is 18.3 Å². The summed E-state index contributed by atoms with van der Waals surface area (Å²) >= 11 is 0. The predicted octanol–water partition coefficient (Wildman–Crippen LogP) is 1.56. The van der Waals surface area contributed by atoms with E-state index in [1.54, 1.807) is 12.3 Å². The van der Waals surface area contributed by atoms with Gasteiger partial charge < -0.3 is 25.5 Å². The smallest absolute Gasteiger partial charge is 0.279 e. The van der Waals surface area contributed by atoms with Gasteiger partial charge >= 0.3 is 0 Å². The van der Waals surface area contributed by atoms with Crippen LogP contribution in [0.5, 0.6) is 0 Å². The topological polar surface area (TPSA) is 127 Å². The molecule has 2 aromatic heterocycles. The lowest BCUT2D eigenvalue weighted by Crippen LogP contribution is -2.36. The summed E-state index contributed by atoms with van der Waals surface area (Å²) in [5.41, 5.74) is 4.95. The van der Waals surface area contributed by atoms with E-state index in [0.29, 0.717) is 63.5 Å². The number of nitrogens with two attached hydrogens (primary N) is 1. The first-order chi connectivity index (χ1) is 16.5. The van der Waals surface area contributed by atoms with Crippen molar-refractivity contribution in [3.05, 3.63) is 35.4 Å². The Bertz CT molecular complexity index is 1090. The maximum atomic E-state index is 13.4. The van der Waals surface area contributed by atoms with Crippen molar-refractivity contribution in [1.29, 1.82) is 0 Å². The summed E-state index contributed by atoms with van der Waals surface area (Å²) in [7, 11) is 0. The molecular formula is C22H27F2N7O3. The number of halogens is 2. The summed E-state index contributed by atoms with van der Waals surface area (Å²) in [6.07, 6.45) is 4.89. The molecule has 1 amide bonds. The van der Waals surface area contributed by atoms with Crippen LogP contribution in [-0.2, 0) is 9.53 Å². The number of nitrogens with zero attached hydrogens (tertiary/aromatic N) is 5. The van der Waals surface area contributed by atoms with E-state index in [4.69, 9.17) is 10.5 Å². The Labute approximate surface area is 194 Å². The minimum atomic E-state index is -2.97. The number of nitrogens with one attached hydrogen (secondary N) is 1. The Hall–Kier alpha value is -3.41. The number of amides is 1. The molecule has 12 heteroatoms. The van der Waals surface area contributed by atoms with E-state index in [0.717, 1.165) is 6.29 Å². The number of aliphatic imine (C=N–C) groups is 1. The van der Waals surface area contributed by atoms with Gasteiger partial charge in [0.25, 0.3) is 12.3 Å². The molecule has 182 valence electrons. The van der Waals surface area contributed by atoms with Crippen LogP contribution in [0.2, 0.25) is 0 Å². The first-order valence-corrected chi connectivity index (χ1v) is 11.2. The minimum absolute atomic E-state index is 0.0118. The highest BCUT2D eigenvalue weighted by Gasteiger charge is 2.22. The Morgan fingerprint density at radius 2 is 2.00 bits per heavy atom. The first kappa shape index (κ1) is 23.7. The zero-order valence-corrected chi connectivity index (χ0v) is 18.6. The Kier molecular flexibility index (Phi) is 7.46. The summed E-state index contributed by atoms with van der Waals surface area (Å²) in [6.45, 7) is 2.50. The van der Waals surface area contributed by atoms with Gasteiger partial charge in [0.05, 0.1) is 31.1 Å². The largest absolute Gasteiger partial charge is 0.396 e. The number of aromatic nitrogens is 3. The minimum Gasteiger partial charge on any atom is -0.396 e. The SMILES string of the molecule is NC(=C(C=NC1CCC(C=O)CC1)NC(=O)c1cnn2ccc(N3CCOCC3)nc12)C(F)F. The van der Waals surface area contributed by atoms with Crippen molar-refractivity contribution < 1.29 is 23.1 Å². The Morgan fingerprint density at radius 3 is 2.68 bits per heavy atom. The summed E-state index contributed by atoms with van der Waals surface area (Å²) < 4.78 is 33.5. The molecule has 0 radical (unpaired) electrons. The number of aldehydes is 1. The molecule has 1 aliphatic carbocycles. The van der Waals surface area contributed by atoms with Crippen LogP contribution in [0, 0.1) is 5.92 Å². The van der Waals surface area contributed by atoms with Crippen LogP contribution in [0.3, 0.4) is 0 Å².